The quantitative estimate of drug-likeness (QED) is 0.219. The van der Waals surface area contributed by atoms with Crippen LogP contribution < -0.4 is 20.3 Å². The summed E-state index contributed by atoms with van der Waals surface area (Å²) < 4.78 is 17.1. The molecule has 4 rings (SSSR count). The number of aromatic nitrogens is 2. The molecule has 1 aliphatic rings. The Morgan fingerprint density at radius 1 is 1.26 bits per heavy atom. The summed E-state index contributed by atoms with van der Waals surface area (Å²) >= 11 is 3.44. The number of morpholine rings is 1. The highest BCUT2D eigenvalue weighted by atomic mass is 32.2. The molecule has 9 nitrogen and oxygen atoms in total. The molecule has 3 heterocycles. The van der Waals surface area contributed by atoms with Crippen molar-refractivity contribution in [2.45, 2.75) is 30.0 Å². The minimum absolute atomic E-state index is 0.137. The van der Waals surface area contributed by atoms with Crippen LogP contribution >= 0.6 is 23.1 Å². The van der Waals surface area contributed by atoms with E-state index in [1.54, 1.807) is 36.3 Å². The lowest BCUT2D eigenvalue weighted by molar-refractivity contribution is 0.122. The second kappa shape index (κ2) is 14.0. The number of anilines is 3. The second-order valence-corrected chi connectivity index (χ2v) is 10.8. The number of thiazole rings is 1. The molecule has 0 spiro atoms. The van der Waals surface area contributed by atoms with Gasteiger partial charge in [-0.15, -0.1) is 11.3 Å². The van der Waals surface area contributed by atoms with Crippen LogP contribution in [0.2, 0.25) is 0 Å². The molecule has 11 heteroatoms. The van der Waals surface area contributed by atoms with Gasteiger partial charge in [-0.05, 0) is 30.2 Å². The Kier molecular flexibility index (Phi) is 10.2. The molecule has 3 aromatic rings. The number of benzene rings is 1. The first-order valence-electron chi connectivity index (χ1n) is 12.4. The highest BCUT2D eigenvalue weighted by Crippen LogP contribution is 2.30. The summed E-state index contributed by atoms with van der Waals surface area (Å²) in [6.45, 7) is 9.43. The summed E-state index contributed by atoms with van der Waals surface area (Å²) in [7, 11) is 1.59. The van der Waals surface area contributed by atoms with Crippen molar-refractivity contribution in [1.82, 2.24) is 9.97 Å². The van der Waals surface area contributed by atoms with E-state index in [1.807, 2.05) is 18.3 Å². The SMILES string of the molecule is C=CCOC(=O)Nc1cc(CNc2cc(N3CCOCC3)cc(CSc3ncc(CC)s3)n2)cc(OC)c1. The Hall–Kier alpha value is -3.28. The number of hydrogen-bond acceptors (Lipinski definition) is 10. The van der Waals surface area contributed by atoms with E-state index in [4.69, 9.17) is 19.2 Å². The average Bonchev–Trinajstić information content (AvgIpc) is 3.42. The average molecular weight is 556 g/mol. The molecule has 1 aromatic carbocycles. The smallest absolute Gasteiger partial charge is 0.411 e. The Bertz CT molecular complexity index is 1230. The van der Waals surface area contributed by atoms with Crippen LogP contribution in [0.15, 0.2) is 53.5 Å². The normalized spacial score (nSPS) is 13.2. The maximum absolute atomic E-state index is 12.0. The minimum atomic E-state index is -0.551. The lowest BCUT2D eigenvalue weighted by atomic mass is 10.2. The standard InChI is InChI=1S/C27H33N5O4S2/c1-4-8-36-26(33)31-20-11-19(12-23(14-20)34-3)16-28-25-15-22(32-6-9-35-10-7-32)13-21(30-25)18-37-27-29-17-24(5-2)38-27/h4,11-15,17H,1,5-10,16,18H2,2-3H3,(H,28,30)(H,31,33). The van der Waals surface area contributed by atoms with Gasteiger partial charge in [0.25, 0.3) is 0 Å². The summed E-state index contributed by atoms with van der Waals surface area (Å²) in [5.74, 6) is 2.13. The molecule has 1 fully saturated rings. The molecule has 1 saturated heterocycles. The zero-order valence-electron chi connectivity index (χ0n) is 21.7. The van der Waals surface area contributed by atoms with E-state index in [2.05, 4.69) is 46.2 Å². The number of carbonyl (C=O) groups is 1. The topological polar surface area (TPSA) is 97.8 Å². The molecule has 2 N–H and O–H groups in total. The van der Waals surface area contributed by atoms with Crippen molar-refractivity contribution >= 4 is 46.4 Å². The molecule has 0 aliphatic carbocycles. The van der Waals surface area contributed by atoms with E-state index in [9.17, 15) is 4.79 Å². The third kappa shape index (κ3) is 8.11. The number of ether oxygens (including phenoxy) is 3. The fourth-order valence-electron chi connectivity index (χ4n) is 3.83. The van der Waals surface area contributed by atoms with Gasteiger partial charge in [0.2, 0.25) is 0 Å². The summed E-state index contributed by atoms with van der Waals surface area (Å²) in [4.78, 5) is 25.0. The number of nitrogens with one attached hydrogen (secondary N) is 2. The number of pyridine rings is 1. The Morgan fingerprint density at radius 3 is 2.84 bits per heavy atom. The van der Waals surface area contributed by atoms with Gasteiger partial charge in [0.05, 0.1) is 26.0 Å². The third-order valence-electron chi connectivity index (χ3n) is 5.72. The number of thioether (sulfide) groups is 1. The fraction of sp³-hybridized carbons (Fsp3) is 0.370. The van der Waals surface area contributed by atoms with Crippen molar-refractivity contribution < 1.29 is 19.0 Å². The summed E-state index contributed by atoms with van der Waals surface area (Å²) in [6, 6.07) is 9.77. The minimum Gasteiger partial charge on any atom is -0.497 e. The van der Waals surface area contributed by atoms with Gasteiger partial charge in [-0.25, -0.2) is 14.8 Å². The second-order valence-electron chi connectivity index (χ2n) is 8.47. The molecule has 2 aromatic heterocycles. The zero-order chi connectivity index (χ0) is 26.7. The van der Waals surface area contributed by atoms with Crippen LogP contribution in [-0.4, -0.2) is 56.1 Å². The lowest BCUT2D eigenvalue weighted by Gasteiger charge is -2.29. The van der Waals surface area contributed by atoms with E-state index in [0.29, 0.717) is 31.2 Å². The number of nitrogens with zero attached hydrogens (tertiary/aromatic N) is 3. The van der Waals surface area contributed by atoms with Gasteiger partial charge in [-0.3, -0.25) is 5.32 Å². The summed E-state index contributed by atoms with van der Waals surface area (Å²) in [5.41, 5.74) is 3.60. The van der Waals surface area contributed by atoms with Crippen molar-refractivity contribution in [1.29, 1.82) is 0 Å². The highest BCUT2D eigenvalue weighted by Gasteiger charge is 2.15. The van der Waals surface area contributed by atoms with Crippen LogP contribution in [0.25, 0.3) is 0 Å². The number of aryl methyl sites for hydroxylation is 1. The predicted molar refractivity (Wildman–Crippen MR) is 154 cm³/mol. The fourth-order valence-corrected chi connectivity index (χ4v) is 5.69. The largest absolute Gasteiger partial charge is 0.497 e. The van der Waals surface area contributed by atoms with Crippen molar-refractivity contribution in [3.05, 3.63) is 65.3 Å². The van der Waals surface area contributed by atoms with Gasteiger partial charge in [0.15, 0.2) is 0 Å². The maximum atomic E-state index is 12.0. The molecular formula is C27H33N5O4S2. The van der Waals surface area contributed by atoms with Gasteiger partial charge in [-0.1, -0.05) is 31.3 Å². The molecule has 0 saturated carbocycles. The lowest BCUT2D eigenvalue weighted by Crippen LogP contribution is -2.36. The molecule has 202 valence electrons. The Balaban J connectivity index is 1.49. The van der Waals surface area contributed by atoms with E-state index in [0.717, 1.165) is 52.4 Å². The maximum Gasteiger partial charge on any atom is 0.411 e. The van der Waals surface area contributed by atoms with E-state index < -0.39 is 6.09 Å². The summed E-state index contributed by atoms with van der Waals surface area (Å²) in [6.07, 6.45) is 3.91. The first kappa shape index (κ1) is 27.7. The Morgan fingerprint density at radius 2 is 2.11 bits per heavy atom. The van der Waals surface area contributed by atoms with Crippen LogP contribution in [0.4, 0.5) is 22.0 Å². The van der Waals surface area contributed by atoms with E-state index in [-0.39, 0.29) is 6.61 Å². The van der Waals surface area contributed by atoms with Gasteiger partial charge >= 0.3 is 6.09 Å². The molecule has 0 radical (unpaired) electrons. The molecule has 0 bridgehead atoms. The number of amides is 1. The molecule has 0 atom stereocenters. The van der Waals surface area contributed by atoms with Crippen molar-refractivity contribution in [3.63, 3.8) is 0 Å². The van der Waals surface area contributed by atoms with Crippen LogP contribution in [0.3, 0.4) is 0 Å². The molecule has 1 aliphatic heterocycles. The number of hydrogen-bond donors (Lipinski definition) is 2. The first-order chi connectivity index (χ1) is 18.6. The van der Waals surface area contributed by atoms with Crippen LogP contribution in [0.1, 0.15) is 23.1 Å². The number of carbonyl (C=O) groups excluding carboxylic acids is 1. The summed E-state index contributed by atoms with van der Waals surface area (Å²) in [5, 5.41) is 6.19. The highest BCUT2D eigenvalue weighted by molar-refractivity contribution is 8.00. The van der Waals surface area contributed by atoms with Gasteiger partial charge in [0, 0.05) is 60.0 Å². The molecule has 1 amide bonds. The van der Waals surface area contributed by atoms with Gasteiger partial charge in [-0.2, -0.15) is 0 Å². The zero-order valence-corrected chi connectivity index (χ0v) is 23.3. The Labute approximate surface area is 231 Å². The van der Waals surface area contributed by atoms with Crippen molar-refractivity contribution in [2.75, 3.05) is 55.6 Å². The number of methoxy groups -OCH3 is 1. The van der Waals surface area contributed by atoms with E-state index in [1.165, 1.54) is 11.0 Å². The van der Waals surface area contributed by atoms with Crippen molar-refractivity contribution in [2.24, 2.45) is 0 Å². The first-order valence-corrected chi connectivity index (χ1v) is 14.2. The molecule has 0 unspecified atom stereocenters. The predicted octanol–water partition coefficient (Wildman–Crippen LogP) is 5.58. The van der Waals surface area contributed by atoms with Crippen LogP contribution in [0, 0.1) is 0 Å². The molecule has 38 heavy (non-hydrogen) atoms. The third-order valence-corrected chi connectivity index (χ3v) is 8.05. The van der Waals surface area contributed by atoms with Crippen LogP contribution in [0.5, 0.6) is 5.75 Å². The number of rotatable bonds is 12. The van der Waals surface area contributed by atoms with Gasteiger partial charge < -0.3 is 24.4 Å². The molecular weight excluding hydrogens is 522 g/mol. The van der Waals surface area contributed by atoms with Gasteiger partial charge in [0.1, 0.15) is 22.5 Å². The van der Waals surface area contributed by atoms with Crippen LogP contribution in [-0.2, 0) is 28.2 Å². The van der Waals surface area contributed by atoms with Crippen molar-refractivity contribution in [3.8, 4) is 5.75 Å². The van der Waals surface area contributed by atoms with E-state index >= 15 is 0 Å². The monoisotopic (exact) mass is 555 g/mol.